The van der Waals surface area contributed by atoms with Crippen LogP contribution in [0.25, 0.3) is 11.1 Å². The van der Waals surface area contributed by atoms with Gasteiger partial charge in [-0.25, -0.2) is 0 Å². The average molecular weight is 464 g/mol. The van der Waals surface area contributed by atoms with Gasteiger partial charge in [0, 0.05) is 14.4 Å². The van der Waals surface area contributed by atoms with E-state index in [1.54, 1.807) is 11.1 Å². The summed E-state index contributed by atoms with van der Waals surface area (Å²) in [7, 11) is 0. The molecule has 0 radical (unpaired) electrons. The Morgan fingerprint density at radius 2 is 1.56 bits per heavy atom. The van der Waals surface area contributed by atoms with Gasteiger partial charge in [0.15, 0.2) is 0 Å². The molecule has 0 N–H and O–H groups in total. The van der Waals surface area contributed by atoms with Crippen molar-refractivity contribution >= 4 is 31.9 Å². The van der Waals surface area contributed by atoms with Crippen molar-refractivity contribution in [3.8, 4) is 11.1 Å². The van der Waals surface area contributed by atoms with Gasteiger partial charge in [-0.2, -0.15) is 0 Å². The maximum Gasteiger partial charge on any atom is 0.0213 e. The normalized spacial score (nSPS) is 14.4. The first-order chi connectivity index (χ1) is 12.1. The second-order valence-corrected chi connectivity index (χ2v) is 9.01. The van der Waals surface area contributed by atoms with Crippen molar-refractivity contribution in [1.29, 1.82) is 0 Å². The molecule has 0 aromatic heterocycles. The molecule has 3 rings (SSSR count). The maximum atomic E-state index is 3.88. The number of hydrogen-bond acceptors (Lipinski definition) is 0. The molecule has 0 saturated carbocycles. The molecule has 0 spiro atoms. The Balaban J connectivity index is 2.15. The van der Waals surface area contributed by atoms with Crippen LogP contribution in [0.1, 0.15) is 76.0 Å². The Kier molecular flexibility index (Phi) is 6.11. The molecule has 134 valence electrons. The van der Waals surface area contributed by atoms with Crippen LogP contribution in [-0.2, 0) is 11.8 Å². The van der Waals surface area contributed by atoms with Crippen LogP contribution in [0, 0.1) is 0 Å². The Morgan fingerprint density at radius 1 is 0.840 bits per heavy atom. The zero-order chi connectivity index (χ0) is 18.0. The molecule has 2 heteroatoms. The molecule has 2 aromatic carbocycles. The summed E-state index contributed by atoms with van der Waals surface area (Å²) in [6, 6.07) is 11.4. The third-order valence-corrected chi connectivity index (χ3v) is 7.25. The largest absolute Gasteiger partial charge is 0.0654 e. The van der Waals surface area contributed by atoms with Crippen molar-refractivity contribution in [3.63, 3.8) is 0 Å². The molecule has 0 bridgehead atoms. The van der Waals surface area contributed by atoms with Crippen LogP contribution in [0.15, 0.2) is 39.3 Å². The van der Waals surface area contributed by atoms with Crippen molar-refractivity contribution < 1.29 is 0 Å². The molecule has 2 aromatic rings. The molecule has 0 saturated heterocycles. The molecule has 0 fully saturated rings. The number of unbranched alkanes of at least 4 members (excludes halogenated alkanes) is 3. The summed E-state index contributed by atoms with van der Waals surface area (Å²) in [5, 5.41) is 0. The van der Waals surface area contributed by atoms with Gasteiger partial charge in [-0.05, 0) is 71.7 Å². The van der Waals surface area contributed by atoms with Crippen molar-refractivity contribution in [1.82, 2.24) is 0 Å². The van der Waals surface area contributed by atoms with E-state index in [0.29, 0.717) is 0 Å². The summed E-state index contributed by atoms with van der Waals surface area (Å²) in [5.41, 5.74) is 7.69. The fourth-order valence-electron chi connectivity index (χ4n) is 4.63. The third kappa shape index (κ3) is 3.25. The van der Waals surface area contributed by atoms with E-state index >= 15 is 0 Å². The van der Waals surface area contributed by atoms with E-state index in [4.69, 9.17) is 0 Å². The van der Waals surface area contributed by atoms with Gasteiger partial charge in [-0.3, -0.25) is 0 Å². The number of fused-ring (bicyclic) bond motifs is 3. The first-order valence-corrected chi connectivity index (χ1v) is 11.3. The van der Waals surface area contributed by atoms with E-state index < -0.39 is 0 Å². The van der Waals surface area contributed by atoms with Gasteiger partial charge in [0.2, 0.25) is 0 Å². The summed E-state index contributed by atoms with van der Waals surface area (Å²) in [4.78, 5) is 0. The first-order valence-electron chi connectivity index (χ1n) is 9.71. The molecule has 0 aliphatic heterocycles. The molecular weight excluding hydrogens is 436 g/mol. The quantitative estimate of drug-likeness (QED) is 0.361. The molecule has 0 amide bonds. The maximum absolute atomic E-state index is 3.88. The van der Waals surface area contributed by atoms with Crippen LogP contribution in [-0.4, -0.2) is 0 Å². The second-order valence-electron chi connectivity index (χ2n) is 7.24. The van der Waals surface area contributed by atoms with Crippen LogP contribution < -0.4 is 0 Å². The van der Waals surface area contributed by atoms with E-state index in [1.165, 1.54) is 57.7 Å². The SMILES string of the molecule is CCCCCCc1c(Br)ccc2c1C(CC)(CC)c1cc(Br)ccc1-2. The van der Waals surface area contributed by atoms with Crippen LogP contribution in [0.5, 0.6) is 0 Å². The van der Waals surface area contributed by atoms with E-state index in [1.807, 2.05) is 0 Å². The fraction of sp³-hybridized carbons (Fsp3) is 0.478. The van der Waals surface area contributed by atoms with Gasteiger partial charge >= 0.3 is 0 Å². The lowest BCUT2D eigenvalue weighted by Gasteiger charge is -2.32. The van der Waals surface area contributed by atoms with Gasteiger partial charge in [0.25, 0.3) is 0 Å². The van der Waals surface area contributed by atoms with Crippen molar-refractivity contribution in [2.24, 2.45) is 0 Å². The Labute approximate surface area is 169 Å². The first kappa shape index (κ1) is 19.2. The fourth-order valence-corrected chi connectivity index (χ4v) is 5.52. The second kappa shape index (κ2) is 7.96. The Hall–Kier alpha value is -0.600. The smallest absolute Gasteiger partial charge is 0.0213 e. The van der Waals surface area contributed by atoms with Crippen molar-refractivity contribution in [2.75, 3.05) is 0 Å². The molecule has 1 aliphatic rings. The lowest BCUT2D eigenvalue weighted by molar-refractivity contribution is 0.484. The highest BCUT2D eigenvalue weighted by atomic mass is 79.9. The topological polar surface area (TPSA) is 0 Å². The highest BCUT2D eigenvalue weighted by Crippen LogP contribution is 2.55. The van der Waals surface area contributed by atoms with Crippen molar-refractivity contribution in [3.05, 3.63) is 56.0 Å². The van der Waals surface area contributed by atoms with Gasteiger partial charge in [-0.15, -0.1) is 0 Å². The molecule has 0 atom stereocenters. The van der Waals surface area contributed by atoms with E-state index in [9.17, 15) is 0 Å². The van der Waals surface area contributed by atoms with Gasteiger partial charge in [0.05, 0.1) is 0 Å². The molecule has 0 nitrogen and oxygen atoms in total. The van der Waals surface area contributed by atoms with Gasteiger partial charge in [-0.1, -0.05) is 84.0 Å². The number of benzene rings is 2. The lowest BCUT2D eigenvalue weighted by Crippen LogP contribution is -2.25. The summed E-state index contributed by atoms with van der Waals surface area (Å²) < 4.78 is 2.48. The minimum atomic E-state index is 0.151. The summed E-state index contributed by atoms with van der Waals surface area (Å²) in [6.07, 6.45) is 8.73. The average Bonchev–Trinajstić information content (AvgIpc) is 2.89. The molecule has 1 aliphatic carbocycles. The number of halogens is 2. The zero-order valence-corrected chi connectivity index (χ0v) is 18.8. The standard InChI is InChI=1S/C23H28Br2/c1-4-7-8-9-10-19-21(25)14-13-18-17-12-11-16(24)15-20(17)23(5-2,6-3)22(18)19/h11-15H,4-10H2,1-3H3. The monoisotopic (exact) mass is 462 g/mol. The summed E-state index contributed by atoms with van der Waals surface area (Å²) >= 11 is 7.58. The predicted octanol–water partition coefficient (Wildman–Crippen LogP) is 8.42. The summed E-state index contributed by atoms with van der Waals surface area (Å²) in [6.45, 7) is 6.99. The summed E-state index contributed by atoms with van der Waals surface area (Å²) in [5.74, 6) is 0. The van der Waals surface area contributed by atoms with Gasteiger partial charge in [0.1, 0.15) is 0 Å². The third-order valence-electron chi connectivity index (χ3n) is 6.01. The van der Waals surface area contributed by atoms with Crippen LogP contribution in [0.3, 0.4) is 0 Å². The highest BCUT2D eigenvalue weighted by molar-refractivity contribution is 9.10. The van der Waals surface area contributed by atoms with E-state index in [-0.39, 0.29) is 5.41 Å². The van der Waals surface area contributed by atoms with Gasteiger partial charge < -0.3 is 0 Å². The number of rotatable bonds is 7. The van der Waals surface area contributed by atoms with E-state index in [0.717, 1.165) is 12.8 Å². The van der Waals surface area contributed by atoms with Crippen molar-refractivity contribution in [2.45, 2.75) is 71.1 Å². The zero-order valence-electron chi connectivity index (χ0n) is 15.6. The van der Waals surface area contributed by atoms with Crippen LogP contribution in [0.2, 0.25) is 0 Å². The predicted molar refractivity (Wildman–Crippen MR) is 116 cm³/mol. The Morgan fingerprint density at radius 3 is 2.24 bits per heavy atom. The molecule has 0 heterocycles. The highest BCUT2D eigenvalue weighted by Gasteiger charge is 2.42. The van der Waals surface area contributed by atoms with E-state index in [2.05, 4.69) is 83.0 Å². The minimum Gasteiger partial charge on any atom is -0.0654 e. The molecule has 25 heavy (non-hydrogen) atoms. The molecular formula is C23H28Br2. The number of hydrogen-bond donors (Lipinski definition) is 0. The van der Waals surface area contributed by atoms with Crippen LogP contribution >= 0.6 is 31.9 Å². The lowest BCUT2D eigenvalue weighted by atomic mass is 9.72. The van der Waals surface area contributed by atoms with Crippen LogP contribution in [0.4, 0.5) is 0 Å². The Bertz CT molecular complexity index is 757. The molecule has 0 unspecified atom stereocenters. The minimum absolute atomic E-state index is 0.151.